The van der Waals surface area contributed by atoms with Crippen LogP contribution < -0.4 is 16.2 Å². The van der Waals surface area contributed by atoms with Crippen LogP contribution in [0.25, 0.3) is 0 Å². The van der Waals surface area contributed by atoms with Gasteiger partial charge in [0.15, 0.2) is 11.6 Å². The van der Waals surface area contributed by atoms with E-state index in [-0.39, 0.29) is 18.7 Å². The Morgan fingerprint density at radius 3 is 2.82 bits per heavy atom. The number of hydrogen-bond donors (Lipinski definition) is 2. The van der Waals surface area contributed by atoms with Gasteiger partial charge in [-0.3, -0.25) is 9.80 Å². The van der Waals surface area contributed by atoms with Crippen molar-refractivity contribution < 1.29 is 14.3 Å². The minimum absolute atomic E-state index is 0.102. The summed E-state index contributed by atoms with van der Waals surface area (Å²) in [5, 5.41) is 8.30. The van der Waals surface area contributed by atoms with Gasteiger partial charge in [0.25, 0.3) is 0 Å². The summed E-state index contributed by atoms with van der Waals surface area (Å²) in [5.74, 6) is 6.45. The molecular formula is C14H23N5O3. The highest BCUT2D eigenvalue weighted by Crippen LogP contribution is 2.23. The maximum Gasteiger partial charge on any atom is 0.407 e. The standard InChI is InChI=1S/C14H23N5O3/c1-14(2,3)22-13(21)16-6-5-11(20)10-9-17-19-8-4-7-18(15)12(10)19/h9H,4-8,15H2,1-3H3,(H,16,21). The number of nitrogens with one attached hydrogen (secondary N) is 1. The average Bonchev–Trinajstić information content (AvgIpc) is 2.81. The zero-order valence-corrected chi connectivity index (χ0v) is 13.3. The summed E-state index contributed by atoms with van der Waals surface area (Å²) in [6, 6.07) is 0. The monoisotopic (exact) mass is 309 g/mol. The summed E-state index contributed by atoms with van der Waals surface area (Å²) in [6.07, 6.45) is 2.08. The van der Waals surface area contributed by atoms with E-state index in [4.69, 9.17) is 10.6 Å². The first-order valence-corrected chi connectivity index (χ1v) is 7.36. The third-order valence-electron chi connectivity index (χ3n) is 3.17. The van der Waals surface area contributed by atoms with Crippen LogP contribution in [0.1, 0.15) is 44.0 Å². The third-order valence-corrected chi connectivity index (χ3v) is 3.17. The van der Waals surface area contributed by atoms with Crippen molar-refractivity contribution in [1.82, 2.24) is 15.1 Å². The molecule has 0 fully saturated rings. The number of rotatable bonds is 4. The summed E-state index contributed by atoms with van der Waals surface area (Å²) >= 11 is 0. The van der Waals surface area contributed by atoms with Crippen molar-refractivity contribution in [1.29, 1.82) is 0 Å². The molecule has 122 valence electrons. The van der Waals surface area contributed by atoms with Gasteiger partial charge in [0.2, 0.25) is 0 Å². The molecule has 0 spiro atoms. The number of ether oxygens (including phenoxy) is 1. The smallest absolute Gasteiger partial charge is 0.407 e. The number of carbonyl (C=O) groups excluding carboxylic acids is 2. The molecule has 0 aliphatic carbocycles. The summed E-state index contributed by atoms with van der Waals surface area (Å²) in [6.45, 7) is 7.02. The van der Waals surface area contributed by atoms with Crippen molar-refractivity contribution in [3.63, 3.8) is 0 Å². The molecule has 0 saturated carbocycles. The normalized spacial score (nSPS) is 14.5. The van der Waals surface area contributed by atoms with Gasteiger partial charge in [-0.15, -0.1) is 0 Å². The number of hydrogen-bond acceptors (Lipinski definition) is 6. The molecule has 0 unspecified atom stereocenters. The Bertz CT molecular complexity index is 561. The number of hydrazine groups is 1. The van der Waals surface area contributed by atoms with E-state index in [9.17, 15) is 9.59 Å². The first kappa shape index (κ1) is 16.3. The lowest BCUT2D eigenvalue weighted by atomic mass is 10.1. The SMILES string of the molecule is CC(C)(C)OC(=O)NCCC(=O)c1cnn2c1N(N)CCC2. The summed E-state index contributed by atoms with van der Waals surface area (Å²) < 4.78 is 6.85. The van der Waals surface area contributed by atoms with Crippen LogP contribution in [0.2, 0.25) is 0 Å². The Hall–Kier alpha value is -2.09. The minimum Gasteiger partial charge on any atom is -0.444 e. The van der Waals surface area contributed by atoms with Gasteiger partial charge < -0.3 is 10.1 Å². The summed E-state index contributed by atoms with van der Waals surface area (Å²) in [5.41, 5.74) is -0.0624. The van der Waals surface area contributed by atoms with E-state index in [1.165, 1.54) is 6.20 Å². The second-order valence-corrected chi connectivity index (χ2v) is 6.25. The second kappa shape index (κ2) is 6.35. The number of nitrogens with zero attached hydrogens (tertiary/aromatic N) is 3. The zero-order valence-electron chi connectivity index (χ0n) is 13.3. The molecule has 0 atom stereocenters. The molecule has 1 aromatic heterocycles. The number of aryl methyl sites for hydroxylation is 1. The van der Waals surface area contributed by atoms with Gasteiger partial charge in [-0.1, -0.05) is 0 Å². The molecule has 0 radical (unpaired) electrons. The molecule has 1 amide bonds. The van der Waals surface area contributed by atoms with Crippen molar-refractivity contribution in [2.75, 3.05) is 18.1 Å². The molecule has 3 N–H and O–H groups in total. The van der Waals surface area contributed by atoms with Crippen LogP contribution in [0, 0.1) is 0 Å². The van der Waals surface area contributed by atoms with E-state index in [1.807, 2.05) is 0 Å². The third kappa shape index (κ3) is 3.97. The number of fused-ring (bicyclic) bond motifs is 1. The fourth-order valence-electron chi connectivity index (χ4n) is 2.27. The Morgan fingerprint density at radius 2 is 2.14 bits per heavy atom. The van der Waals surface area contributed by atoms with E-state index in [2.05, 4.69) is 10.4 Å². The van der Waals surface area contributed by atoms with Crippen LogP contribution in [0.5, 0.6) is 0 Å². The summed E-state index contributed by atoms with van der Waals surface area (Å²) in [7, 11) is 0. The predicted molar refractivity (Wildman–Crippen MR) is 81.6 cm³/mol. The topological polar surface area (TPSA) is 102 Å². The predicted octanol–water partition coefficient (Wildman–Crippen LogP) is 1.06. The fourth-order valence-corrected chi connectivity index (χ4v) is 2.27. The molecule has 2 rings (SSSR count). The van der Waals surface area contributed by atoms with Gasteiger partial charge >= 0.3 is 6.09 Å². The lowest BCUT2D eigenvalue weighted by Crippen LogP contribution is -2.39. The van der Waals surface area contributed by atoms with Crippen LogP contribution in [-0.4, -0.2) is 40.3 Å². The molecule has 2 heterocycles. The van der Waals surface area contributed by atoms with Gasteiger partial charge in [-0.05, 0) is 27.2 Å². The molecule has 22 heavy (non-hydrogen) atoms. The Labute approximate surface area is 129 Å². The number of nitrogens with two attached hydrogens (primary N) is 1. The Kier molecular flexibility index (Phi) is 4.70. The molecule has 1 aliphatic heterocycles. The number of alkyl carbamates (subject to hydrolysis) is 1. The van der Waals surface area contributed by atoms with E-state index < -0.39 is 11.7 Å². The largest absolute Gasteiger partial charge is 0.444 e. The van der Waals surface area contributed by atoms with Crippen molar-refractivity contribution in [3.05, 3.63) is 11.8 Å². The molecular weight excluding hydrogens is 286 g/mol. The maximum atomic E-state index is 12.3. The number of aromatic nitrogens is 2. The highest BCUT2D eigenvalue weighted by atomic mass is 16.6. The molecule has 1 aliphatic rings. The first-order chi connectivity index (χ1) is 10.3. The van der Waals surface area contributed by atoms with Gasteiger partial charge in [-0.2, -0.15) is 5.10 Å². The number of carbonyl (C=O) groups is 2. The molecule has 0 saturated heterocycles. The van der Waals surface area contributed by atoms with E-state index >= 15 is 0 Å². The van der Waals surface area contributed by atoms with Crippen LogP contribution in [0.4, 0.5) is 10.6 Å². The highest BCUT2D eigenvalue weighted by molar-refractivity contribution is 6.00. The minimum atomic E-state index is -0.556. The number of ketones is 1. The Morgan fingerprint density at radius 1 is 1.41 bits per heavy atom. The van der Waals surface area contributed by atoms with E-state index in [0.29, 0.717) is 17.9 Å². The van der Waals surface area contributed by atoms with Crippen molar-refractivity contribution in [2.45, 2.75) is 45.8 Å². The molecule has 8 heteroatoms. The lowest BCUT2D eigenvalue weighted by Gasteiger charge is -2.25. The number of anilines is 1. The lowest BCUT2D eigenvalue weighted by molar-refractivity contribution is 0.0527. The van der Waals surface area contributed by atoms with Crippen LogP contribution in [-0.2, 0) is 11.3 Å². The second-order valence-electron chi connectivity index (χ2n) is 6.25. The maximum absolute atomic E-state index is 12.3. The number of amides is 1. The average molecular weight is 309 g/mol. The molecule has 0 aromatic carbocycles. The van der Waals surface area contributed by atoms with Crippen LogP contribution in [0.3, 0.4) is 0 Å². The fraction of sp³-hybridized carbons (Fsp3) is 0.643. The summed E-state index contributed by atoms with van der Waals surface area (Å²) in [4.78, 5) is 23.8. The first-order valence-electron chi connectivity index (χ1n) is 7.36. The molecule has 1 aromatic rings. The number of Topliss-reactive ketones (excluding diaryl/α,β-unsaturated/α-hetero) is 1. The van der Waals surface area contributed by atoms with E-state index in [0.717, 1.165) is 13.0 Å². The van der Waals surface area contributed by atoms with Crippen molar-refractivity contribution in [2.24, 2.45) is 5.84 Å². The Balaban J connectivity index is 1.89. The van der Waals surface area contributed by atoms with E-state index in [1.54, 1.807) is 30.5 Å². The van der Waals surface area contributed by atoms with Crippen molar-refractivity contribution in [3.8, 4) is 0 Å². The quantitative estimate of drug-likeness (QED) is 0.637. The van der Waals surface area contributed by atoms with Gasteiger partial charge in [-0.25, -0.2) is 15.3 Å². The van der Waals surface area contributed by atoms with Gasteiger partial charge in [0, 0.05) is 26.1 Å². The molecule has 8 nitrogen and oxygen atoms in total. The van der Waals surface area contributed by atoms with Crippen LogP contribution >= 0.6 is 0 Å². The van der Waals surface area contributed by atoms with Crippen molar-refractivity contribution >= 4 is 17.7 Å². The van der Waals surface area contributed by atoms with Gasteiger partial charge in [0.05, 0.1) is 11.8 Å². The van der Waals surface area contributed by atoms with Gasteiger partial charge in [0.1, 0.15) is 5.60 Å². The zero-order chi connectivity index (χ0) is 16.3. The molecule has 0 bridgehead atoms. The highest BCUT2D eigenvalue weighted by Gasteiger charge is 2.24. The van der Waals surface area contributed by atoms with Crippen LogP contribution in [0.15, 0.2) is 6.20 Å².